The number of anilines is 2. The second kappa shape index (κ2) is 5.06. The lowest BCUT2D eigenvalue weighted by Crippen LogP contribution is -2.17. The molecule has 1 aromatic carbocycles. The van der Waals surface area contributed by atoms with Crippen LogP contribution in [0.3, 0.4) is 0 Å². The number of nitrogens with zero attached hydrogens (tertiary/aromatic N) is 2. The van der Waals surface area contributed by atoms with Gasteiger partial charge in [-0.15, -0.1) is 11.3 Å². The molecule has 2 N–H and O–H groups in total. The molecule has 2 rings (SSSR count). The van der Waals surface area contributed by atoms with Gasteiger partial charge in [0.15, 0.2) is 0 Å². The van der Waals surface area contributed by atoms with Gasteiger partial charge in [-0.1, -0.05) is 0 Å². The van der Waals surface area contributed by atoms with Gasteiger partial charge >= 0.3 is 0 Å². The highest BCUT2D eigenvalue weighted by Gasteiger charge is 2.08. The van der Waals surface area contributed by atoms with Gasteiger partial charge < -0.3 is 10.6 Å². The molecule has 0 bridgehead atoms. The maximum atomic E-state index is 5.72. The van der Waals surface area contributed by atoms with Gasteiger partial charge in [-0.05, 0) is 41.1 Å². The molecular weight excluding hydrogens is 298 g/mol. The Hall–Kier alpha value is -1.07. The van der Waals surface area contributed by atoms with E-state index in [-0.39, 0.29) is 0 Å². The SMILES string of the molecule is Cc1nc(CN(C)c2ccc(N)cc2Br)cs1. The predicted octanol–water partition coefficient (Wildman–Crippen LogP) is 3.43. The average molecular weight is 312 g/mol. The number of benzene rings is 1. The Labute approximate surface area is 113 Å². The minimum atomic E-state index is 0.763. The first kappa shape index (κ1) is 12.4. The lowest BCUT2D eigenvalue weighted by Gasteiger charge is -2.19. The molecule has 0 saturated heterocycles. The van der Waals surface area contributed by atoms with Crippen LogP contribution in [-0.2, 0) is 6.54 Å². The van der Waals surface area contributed by atoms with E-state index >= 15 is 0 Å². The minimum absolute atomic E-state index is 0.763. The molecule has 1 heterocycles. The fourth-order valence-corrected chi connectivity index (χ4v) is 2.94. The van der Waals surface area contributed by atoms with Crippen LogP contribution in [0.25, 0.3) is 0 Å². The quantitative estimate of drug-likeness (QED) is 0.883. The van der Waals surface area contributed by atoms with E-state index in [0.29, 0.717) is 0 Å². The molecule has 0 aliphatic rings. The molecule has 3 nitrogen and oxygen atoms in total. The van der Waals surface area contributed by atoms with Crippen molar-refractivity contribution in [3.8, 4) is 0 Å². The molecule has 0 amide bonds. The smallest absolute Gasteiger partial charge is 0.0898 e. The lowest BCUT2D eigenvalue weighted by molar-refractivity contribution is 0.888. The van der Waals surface area contributed by atoms with Crippen molar-refractivity contribution in [1.29, 1.82) is 0 Å². The zero-order chi connectivity index (χ0) is 12.4. The van der Waals surface area contributed by atoms with Gasteiger partial charge in [-0.2, -0.15) is 0 Å². The third-order valence-corrected chi connectivity index (χ3v) is 3.91. The van der Waals surface area contributed by atoms with Crippen molar-refractivity contribution in [2.24, 2.45) is 0 Å². The van der Waals surface area contributed by atoms with Gasteiger partial charge in [0.25, 0.3) is 0 Å². The number of nitrogens with two attached hydrogens (primary N) is 1. The molecule has 1 aromatic heterocycles. The van der Waals surface area contributed by atoms with Crippen LogP contribution >= 0.6 is 27.3 Å². The Morgan fingerprint density at radius 2 is 2.24 bits per heavy atom. The molecule has 90 valence electrons. The normalized spacial score (nSPS) is 10.5. The maximum Gasteiger partial charge on any atom is 0.0898 e. The first-order chi connectivity index (χ1) is 8.06. The average Bonchev–Trinajstić information content (AvgIpc) is 2.63. The summed E-state index contributed by atoms with van der Waals surface area (Å²) in [6.07, 6.45) is 0. The summed E-state index contributed by atoms with van der Waals surface area (Å²) in [7, 11) is 2.05. The maximum absolute atomic E-state index is 5.72. The third kappa shape index (κ3) is 2.98. The number of aromatic nitrogens is 1. The molecule has 0 unspecified atom stereocenters. The highest BCUT2D eigenvalue weighted by Crippen LogP contribution is 2.28. The molecule has 0 saturated carbocycles. The van der Waals surface area contributed by atoms with E-state index in [1.807, 2.05) is 32.2 Å². The summed E-state index contributed by atoms with van der Waals surface area (Å²) in [5.41, 5.74) is 8.70. The van der Waals surface area contributed by atoms with Crippen LogP contribution in [0.4, 0.5) is 11.4 Å². The molecule has 5 heteroatoms. The van der Waals surface area contributed by atoms with E-state index in [0.717, 1.165) is 33.1 Å². The van der Waals surface area contributed by atoms with Crippen LogP contribution < -0.4 is 10.6 Å². The van der Waals surface area contributed by atoms with E-state index in [1.54, 1.807) is 11.3 Å². The van der Waals surface area contributed by atoms with Crippen molar-refractivity contribution in [3.63, 3.8) is 0 Å². The molecule has 0 spiro atoms. The van der Waals surface area contributed by atoms with Crippen LogP contribution in [0.2, 0.25) is 0 Å². The van der Waals surface area contributed by atoms with Crippen LogP contribution in [0.5, 0.6) is 0 Å². The Bertz CT molecular complexity index is 524. The van der Waals surface area contributed by atoms with Crippen LogP contribution in [0.1, 0.15) is 10.7 Å². The Morgan fingerprint density at radius 3 is 2.82 bits per heavy atom. The van der Waals surface area contributed by atoms with Crippen molar-refractivity contribution in [2.75, 3.05) is 17.7 Å². The molecule has 2 aromatic rings. The fourth-order valence-electron chi connectivity index (χ4n) is 1.64. The molecule has 0 fully saturated rings. The van der Waals surface area contributed by atoms with Crippen molar-refractivity contribution in [2.45, 2.75) is 13.5 Å². The number of aryl methyl sites for hydroxylation is 1. The summed E-state index contributed by atoms with van der Waals surface area (Å²) in [5.74, 6) is 0. The standard InChI is InChI=1S/C12H14BrN3S/c1-8-15-10(7-17-8)6-16(2)12-4-3-9(14)5-11(12)13/h3-5,7H,6,14H2,1-2H3. The molecule has 0 aliphatic carbocycles. The van der Waals surface area contributed by atoms with Gasteiger partial charge in [0.05, 0.1) is 22.9 Å². The van der Waals surface area contributed by atoms with Crippen molar-refractivity contribution < 1.29 is 0 Å². The second-order valence-electron chi connectivity index (χ2n) is 3.92. The largest absolute Gasteiger partial charge is 0.399 e. The van der Waals surface area contributed by atoms with Gasteiger partial charge in [0.1, 0.15) is 0 Å². The Morgan fingerprint density at radius 1 is 1.47 bits per heavy atom. The highest BCUT2D eigenvalue weighted by molar-refractivity contribution is 9.10. The third-order valence-electron chi connectivity index (χ3n) is 2.45. The van der Waals surface area contributed by atoms with Crippen molar-refractivity contribution in [1.82, 2.24) is 4.98 Å². The summed E-state index contributed by atoms with van der Waals surface area (Å²) in [6.45, 7) is 2.82. The number of thiazole rings is 1. The number of rotatable bonds is 3. The first-order valence-corrected chi connectivity index (χ1v) is 6.90. The molecule has 0 radical (unpaired) electrons. The first-order valence-electron chi connectivity index (χ1n) is 5.23. The zero-order valence-electron chi connectivity index (χ0n) is 9.77. The number of hydrogen-bond donors (Lipinski definition) is 1. The summed E-state index contributed by atoms with van der Waals surface area (Å²) < 4.78 is 1.01. The second-order valence-corrected chi connectivity index (χ2v) is 5.84. The van der Waals surface area contributed by atoms with E-state index in [1.165, 1.54) is 0 Å². The van der Waals surface area contributed by atoms with Crippen molar-refractivity contribution >= 4 is 38.6 Å². The predicted molar refractivity (Wildman–Crippen MR) is 77.5 cm³/mol. The topological polar surface area (TPSA) is 42.2 Å². The highest BCUT2D eigenvalue weighted by atomic mass is 79.9. The monoisotopic (exact) mass is 311 g/mol. The zero-order valence-corrected chi connectivity index (χ0v) is 12.2. The van der Waals surface area contributed by atoms with Gasteiger partial charge in [-0.25, -0.2) is 4.98 Å². The molecule has 0 aliphatic heterocycles. The van der Waals surface area contributed by atoms with E-state index < -0.39 is 0 Å². The Balaban J connectivity index is 2.17. The van der Waals surface area contributed by atoms with E-state index in [4.69, 9.17) is 5.73 Å². The van der Waals surface area contributed by atoms with Crippen LogP contribution in [-0.4, -0.2) is 12.0 Å². The number of hydrogen-bond acceptors (Lipinski definition) is 4. The van der Waals surface area contributed by atoms with Crippen LogP contribution in [0, 0.1) is 6.92 Å². The van der Waals surface area contributed by atoms with Crippen LogP contribution in [0.15, 0.2) is 28.1 Å². The number of halogens is 1. The summed E-state index contributed by atoms with van der Waals surface area (Å²) >= 11 is 5.21. The fraction of sp³-hybridized carbons (Fsp3) is 0.250. The van der Waals surface area contributed by atoms with Gasteiger partial charge in [0, 0.05) is 22.6 Å². The van der Waals surface area contributed by atoms with Crippen molar-refractivity contribution in [3.05, 3.63) is 38.8 Å². The minimum Gasteiger partial charge on any atom is -0.399 e. The Kier molecular flexibility index (Phi) is 3.69. The number of nitrogen functional groups attached to an aromatic ring is 1. The molecular formula is C12H14BrN3S. The van der Waals surface area contributed by atoms with Gasteiger partial charge in [0.2, 0.25) is 0 Å². The van der Waals surface area contributed by atoms with Gasteiger partial charge in [-0.3, -0.25) is 0 Å². The lowest BCUT2D eigenvalue weighted by atomic mass is 10.2. The van der Waals surface area contributed by atoms with E-state index in [9.17, 15) is 0 Å². The summed E-state index contributed by atoms with van der Waals surface area (Å²) in [4.78, 5) is 6.61. The molecule has 0 atom stereocenters. The molecule has 17 heavy (non-hydrogen) atoms. The summed E-state index contributed by atoms with van der Waals surface area (Å²) in [6, 6.07) is 5.83. The van der Waals surface area contributed by atoms with E-state index in [2.05, 4.69) is 31.2 Å². The summed E-state index contributed by atoms with van der Waals surface area (Å²) in [5, 5.41) is 3.20.